The van der Waals surface area contributed by atoms with E-state index < -0.39 is 0 Å². The van der Waals surface area contributed by atoms with E-state index in [2.05, 4.69) is 28.0 Å². The standard InChI is InChI=1S/C27H25BrClN3O3/c1-4-17(2)26-31-23-11-10-20(28)14-21(23)27(33)32(26)30-15-19-12-22(29)25(24(13-19)34-3)35-16-18-8-6-5-7-9-18/h5-15,17H,4,16H2,1-3H3/t17-/m0/s1. The molecule has 1 atom stereocenters. The molecule has 0 amide bonds. The zero-order chi connectivity index (χ0) is 24.9. The summed E-state index contributed by atoms with van der Waals surface area (Å²) >= 11 is 9.97. The fourth-order valence-corrected chi connectivity index (χ4v) is 4.22. The predicted molar refractivity (Wildman–Crippen MR) is 144 cm³/mol. The maximum atomic E-state index is 13.3. The van der Waals surface area contributed by atoms with Gasteiger partial charge < -0.3 is 9.47 Å². The highest BCUT2D eigenvalue weighted by atomic mass is 79.9. The normalized spacial score (nSPS) is 12.3. The van der Waals surface area contributed by atoms with Crippen molar-refractivity contribution in [1.82, 2.24) is 9.66 Å². The molecule has 0 aliphatic carbocycles. The molecule has 0 aliphatic heterocycles. The van der Waals surface area contributed by atoms with Gasteiger partial charge in [-0.3, -0.25) is 4.79 Å². The molecule has 0 saturated carbocycles. The molecule has 4 rings (SSSR count). The summed E-state index contributed by atoms with van der Waals surface area (Å²) < 4.78 is 13.6. The first-order chi connectivity index (χ1) is 16.9. The van der Waals surface area contributed by atoms with Crippen LogP contribution in [0.2, 0.25) is 5.02 Å². The van der Waals surface area contributed by atoms with Crippen LogP contribution in [0.1, 0.15) is 43.1 Å². The second kappa shape index (κ2) is 11.1. The maximum absolute atomic E-state index is 13.3. The Balaban J connectivity index is 1.71. The van der Waals surface area contributed by atoms with E-state index in [1.807, 2.05) is 49.4 Å². The topological polar surface area (TPSA) is 65.7 Å². The number of rotatable bonds is 8. The molecule has 0 fully saturated rings. The molecular formula is C27H25BrClN3O3. The van der Waals surface area contributed by atoms with Crippen molar-refractivity contribution in [2.45, 2.75) is 32.8 Å². The van der Waals surface area contributed by atoms with Gasteiger partial charge in [0, 0.05) is 10.4 Å². The molecular weight excluding hydrogens is 530 g/mol. The minimum Gasteiger partial charge on any atom is -0.493 e. The summed E-state index contributed by atoms with van der Waals surface area (Å²) in [5, 5.41) is 5.39. The molecule has 8 heteroatoms. The summed E-state index contributed by atoms with van der Waals surface area (Å²) in [7, 11) is 1.55. The van der Waals surface area contributed by atoms with Crippen LogP contribution in [0.3, 0.4) is 0 Å². The number of hydrogen-bond donors (Lipinski definition) is 0. The van der Waals surface area contributed by atoms with Crippen LogP contribution in [0.5, 0.6) is 11.5 Å². The minimum absolute atomic E-state index is 0.0415. The van der Waals surface area contributed by atoms with Crippen molar-refractivity contribution < 1.29 is 9.47 Å². The molecule has 3 aromatic carbocycles. The second-order valence-electron chi connectivity index (χ2n) is 8.11. The first-order valence-corrected chi connectivity index (χ1v) is 12.4. The third-order valence-electron chi connectivity index (χ3n) is 5.69. The van der Waals surface area contributed by atoms with Crippen LogP contribution in [0.25, 0.3) is 10.9 Å². The molecule has 4 aromatic rings. The molecule has 0 saturated heterocycles. The first kappa shape index (κ1) is 24.9. The van der Waals surface area contributed by atoms with Gasteiger partial charge in [-0.2, -0.15) is 9.78 Å². The van der Waals surface area contributed by atoms with Crippen molar-refractivity contribution in [2.75, 3.05) is 7.11 Å². The van der Waals surface area contributed by atoms with Gasteiger partial charge in [0.15, 0.2) is 11.5 Å². The van der Waals surface area contributed by atoms with Gasteiger partial charge in [-0.25, -0.2) is 4.98 Å². The fraction of sp³-hybridized carbons (Fsp3) is 0.222. The lowest BCUT2D eigenvalue weighted by molar-refractivity contribution is 0.284. The molecule has 0 aliphatic rings. The predicted octanol–water partition coefficient (Wildman–Crippen LogP) is 6.80. The van der Waals surface area contributed by atoms with Gasteiger partial charge in [0.25, 0.3) is 5.56 Å². The summed E-state index contributed by atoms with van der Waals surface area (Å²) in [5.74, 6) is 1.57. The van der Waals surface area contributed by atoms with Gasteiger partial charge in [-0.15, -0.1) is 0 Å². The summed E-state index contributed by atoms with van der Waals surface area (Å²) in [5.41, 5.74) is 2.09. The van der Waals surface area contributed by atoms with Crippen LogP contribution in [0.15, 0.2) is 75.0 Å². The monoisotopic (exact) mass is 553 g/mol. The summed E-state index contributed by atoms with van der Waals surface area (Å²) in [6, 6.07) is 18.8. The highest BCUT2D eigenvalue weighted by Crippen LogP contribution is 2.36. The Hall–Kier alpha value is -3.16. The van der Waals surface area contributed by atoms with E-state index in [1.54, 1.807) is 31.5 Å². The smallest absolute Gasteiger partial charge is 0.282 e. The third kappa shape index (κ3) is 5.57. The zero-order valence-corrected chi connectivity index (χ0v) is 22.0. The molecule has 0 unspecified atom stereocenters. The van der Waals surface area contributed by atoms with Crippen LogP contribution < -0.4 is 15.0 Å². The van der Waals surface area contributed by atoms with Gasteiger partial charge in [0.2, 0.25) is 0 Å². The van der Waals surface area contributed by atoms with E-state index in [1.165, 1.54) is 4.68 Å². The van der Waals surface area contributed by atoms with Crippen molar-refractivity contribution in [1.29, 1.82) is 0 Å². The van der Waals surface area contributed by atoms with Crippen molar-refractivity contribution in [3.05, 3.63) is 97.5 Å². The summed E-state index contributed by atoms with van der Waals surface area (Å²) in [4.78, 5) is 18.1. The number of halogens is 2. The number of methoxy groups -OCH3 is 1. The van der Waals surface area contributed by atoms with E-state index in [4.69, 9.17) is 26.1 Å². The number of benzene rings is 3. The fourth-order valence-electron chi connectivity index (χ4n) is 3.59. The quantitative estimate of drug-likeness (QED) is 0.225. The number of aromatic nitrogens is 2. The molecule has 0 bridgehead atoms. The number of fused-ring (bicyclic) bond motifs is 1. The Kier molecular flexibility index (Phi) is 7.88. The van der Waals surface area contributed by atoms with Crippen LogP contribution in [0.4, 0.5) is 0 Å². The molecule has 6 nitrogen and oxygen atoms in total. The van der Waals surface area contributed by atoms with E-state index in [0.717, 1.165) is 16.5 Å². The third-order valence-corrected chi connectivity index (χ3v) is 6.46. The Morgan fingerprint density at radius 3 is 2.66 bits per heavy atom. The van der Waals surface area contributed by atoms with Crippen molar-refractivity contribution in [2.24, 2.45) is 5.10 Å². The van der Waals surface area contributed by atoms with Crippen LogP contribution in [0, 0.1) is 0 Å². The van der Waals surface area contributed by atoms with Crippen LogP contribution >= 0.6 is 27.5 Å². The Morgan fingerprint density at radius 2 is 1.94 bits per heavy atom. The minimum atomic E-state index is -0.233. The average molecular weight is 555 g/mol. The number of hydrogen-bond acceptors (Lipinski definition) is 5. The van der Waals surface area contributed by atoms with Crippen LogP contribution in [-0.4, -0.2) is 23.0 Å². The molecule has 35 heavy (non-hydrogen) atoms. The Morgan fingerprint density at radius 1 is 1.17 bits per heavy atom. The van der Waals surface area contributed by atoms with Gasteiger partial charge >= 0.3 is 0 Å². The van der Waals surface area contributed by atoms with E-state index in [0.29, 0.717) is 45.4 Å². The van der Waals surface area contributed by atoms with Gasteiger partial charge in [0.1, 0.15) is 12.4 Å². The number of ether oxygens (including phenoxy) is 2. The Labute approximate surface area is 217 Å². The molecule has 0 spiro atoms. The molecule has 0 radical (unpaired) electrons. The molecule has 1 aromatic heterocycles. The van der Waals surface area contributed by atoms with Crippen LogP contribution in [-0.2, 0) is 6.61 Å². The van der Waals surface area contributed by atoms with Gasteiger partial charge in [-0.1, -0.05) is 71.7 Å². The van der Waals surface area contributed by atoms with Crippen molar-refractivity contribution in [3.8, 4) is 11.5 Å². The molecule has 180 valence electrons. The highest BCUT2D eigenvalue weighted by Gasteiger charge is 2.16. The Bertz CT molecular complexity index is 1440. The molecule has 1 heterocycles. The van der Waals surface area contributed by atoms with Crippen molar-refractivity contribution in [3.63, 3.8) is 0 Å². The van der Waals surface area contributed by atoms with Gasteiger partial charge in [0.05, 0.1) is 29.2 Å². The lowest BCUT2D eigenvalue weighted by Gasteiger charge is -2.15. The van der Waals surface area contributed by atoms with Gasteiger partial charge in [-0.05, 0) is 47.9 Å². The van der Waals surface area contributed by atoms with E-state index in [-0.39, 0.29) is 11.5 Å². The summed E-state index contributed by atoms with van der Waals surface area (Å²) in [6.07, 6.45) is 2.39. The second-order valence-corrected chi connectivity index (χ2v) is 9.43. The lowest BCUT2D eigenvalue weighted by Crippen LogP contribution is -2.23. The largest absolute Gasteiger partial charge is 0.493 e. The summed E-state index contributed by atoms with van der Waals surface area (Å²) in [6.45, 7) is 4.43. The highest BCUT2D eigenvalue weighted by molar-refractivity contribution is 9.10. The van der Waals surface area contributed by atoms with E-state index in [9.17, 15) is 4.79 Å². The zero-order valence-electron chi connectivity index (χ0n) is 19.7. The number of nitrogens with zero attached hydrogens (tertiary/aromatic N) is 3. The first-order valence-electron chi connectivity index (χ1n) is 11.2. The van der Waals surface area contributed by atoms with Crippen molar-refractivity contribution >= 4 is 44.6 Å². The SMILES string of the molecule is CC[C@H](C)c1nc2ccc(Br)cc2c(=O)n1N=Cc1cc(Cl)c(OCc2ccccc2)c(OC)c1. The maximum Gasteiger partial charge on any atom is 0.282 e. The van der Waals surface area contributed by atoms with E-state index >= 15 is 0 Å². The lowest BCUT2D eigenvalue weighted by atomic mass is 10.1. The average Bonchev–Trinajstić information content (AvgIpc) is 2.87. The molecule has 0 N–H and O–H groups in total.